The van der Waals surface area contributed by atoms with Crippen LogP contribution in [0.4, 0.5) is 0 Å². The molecule has 108 valence electrons. The lowest BCUT2D eigenvalue weighted by Crippen LogP contribution is -2.28. The molecule has 0 aliphatic rings. The van der Waals surface area contributed by atoms with Crippen LogP contribution < -0.4 is 15.2 Å². The van der Waals surface area contributed by atoms with E-state index >= 15 is 0 Å². The van der Waals surface area contributed by atoms with Gasteiger partial charge in [0.2, 0.25) is 0 Å². The fraction of sp³-hybridized carbons (Fsp3) is 0.600. The summed E-state index contributed by atoms with van der Waals surface area (Å²) in [6, 6.07) is 5.89. The molecule has 0 aliphatic carbocycles. The van der Waals surface area contributed by atoms with E-state index in [1.165, 1.54) is 0 Å². The van der Waals surface area contributed by atoms with Gasteiger partial charge in [0.1, 0.15) is 18.1 Å². The summed E-state index contributed by atoms with van der Waals surface area (Å²) >= 11 is 0. The molecule has 0 radical (unpaired) electrons. The van der Waals surface area contributed by atoms with Crippen LogP contribution in [-0.4, -0.2) is 44.8 Å². The molecule has 0 aliphatic heterocycles. The van der Waals surface area contributed by atoms with E-state index in [1.807, 2.05) is 18.2 Å². The van der Waals surface area contributed by atoms with Crippen molar-refractivity contribution in [2.75, 3.05) is 39.9 Å². The maximum atomic E-state index is 5.87. The lowest BCUT2D eigenvalue weighted by molar-refractivity contribution is 0.221. The van der Waals surface area contributed by atoms with E-state index in [4.69, 9.17) is 15.2 Å². The van der Waals surface area contributed by atoms with Crippen molar-refractivity contribution in [2.24, 2.45) is 5.73 Å². The van der Waals surface area contributed by atoms with E-state index in [9.17, 15) is 0 Å². The summed E-state index contributed by atoms with van der Waals surface area (Å²) in [6.07, 6.45) is 0.803. The predicted molar refractivity (Wildman–Crippen MR) is 79.0 cm³/mol. The van der Waals surface area contributed by atoms with Gasteiger partial charge in [-0.1, -0.05) is 13.8 Å². The van der Waals surface area contributed by atoms with Crippen LogP contribution in [0.15, 0.2) is 18.2 Å². The zero-order chi connectivity index (χ0) is 14.1. The Hall–Kier alpha value is -1.26. The van der Waals surface area contributed by atoms with Gasteiger partial charge in [0.25, 0.3) is 0 Å². The van der Waals surface area contributed by atoms with Crippen molar-refractivity contribution in [2.45, 2.75) is 20.3 Å². The highest BCUT2D eigenvalue weighted by Gasteiger charge is 2.06. The monoisotopic (exact) mass is 266 g/mol. The van der Waals surface area contributed by atoms with Crippen LogP contribution in [0, 0.1) is 0 Å². The molecular weight excluding hydrogens is 240 g/mol. The third kappa shape index (κ3) is 5.09. The van der Waals surface area contributed by atoms with Gasteiger partial charge < -0.3 is 20.1 Å². The average Bonchev–Trinajstić information content (AvgIpc) is 2.45. The third-order valence-electron chi connectivity index (χ3n) is 3.24. The van der Waals surface area contributed by atoms with Gasteiger partial charge in [0.05, 0.1) is 7.11 Å². The fourth-order valence-corrected chi connectivity index (χ4v) is 2.00. The smallest absolute Gasteiger partial charge is 0.122 e. The summed E-state index contributed by atoms with van der Waals surface area (Å²) < 4.78 is 11.1. The van der Waals surface area contributed by atoms with Crippen LogP contribution in [0.1, 0.15) is 19.4 Å². The minimum absolute atomic E-state index is 0.611. The molecule has 2 N–H and O–H groups in total. The fourth-order valence-electron chi connectivity index (χ4n) is 2.00. The molecule has 0 spiro atoms. The summed E-state index contributed by atoms with van der Waals surface area (Å²) in [7, 11) is 1.67. The van der Waals surface area contributed by atoms with Crippen molar-refractivity contribution in [3.05, 3.63) is 23.8 Å². The highest BCUT2D eigenvalue weighted by atomic mass is 16.5. The summed E-state index contributed by atoms with van der Waals surface area (Å²) in [6.45, 7) is 8.69. The minimum Gasteiger partial charge on any atom is -0.497 e. The molecule has 0 bridgehead atoms. The van der Waals surface area contributed by atoms with E-state index in [1.54, 1.807) is 7.11 Å². The molecule has 19 heavy (non-hydrogen) atoms. The molecule has 1 rings (SSSR count). The molecule has 4 heteroatoms. The van der Waals surface area contributed by atoms with Crippen molar-refractivity contribution in [1.82, 2.24) is 4.90 Å². The van der Waals surface area contributed by atoms with Crippen molar-refractivity contribution in [3.63, 3.8) is 0 Å². The van der Waals surface area contributed by atoms with Crippen LogP contribution in [0.5, 0.6) is 11.5 Å². The van der Waals surface area contributed by atoms with Crippen LogP contribution >= 0.6 is 0 Å². The molecule has 1 aromatic rings. The Morgan fingerprint density at radius 1 is 1.21 bits per heavy atom. The van der Waals surface area contributed by atoms with Crippen molar-refractivity contribution in [1.29, 1.82) is 0 Å². The number of benzene rings is 1. The first-order valence-corrected chi connectivity index (χ1v) is 6.97. The standard InChI is InChI=1S/C15H26N2O2/c1-4-17(5-2)10-11-19-15-7-6-14(18-3)12-13(15)8-9-16/h6-7,12H,4-5,8-11,16H2,1-3H3. The lowest BCUT2D eigenvalue weighted by Gasteiger charge is -2.19. The van der Waals surface area contributed by atoms with Gasteiger partial charge in [-0.05, 0) is 49.8 Å². The van der Waals surface area contributed by atoms with Gasteiger partial charge in [-0.3, -0.25) is 0 Å². The Bertz CT molecular complexity index is 365. The number of likely N-dealkylation sites (N-methyl/N-ethyl adjacent to an activating group) is 1. The molecule has 0 aromatic heterocycles. The maximum Gasteiger partial charge on any atom is 0.122 e. The normalized spacial score (nSPS) is 10.8. The number of methoxy groups -OCH3 is 1. The number of hydrogen-bond donors (Lipinski definition) is 1. The summed E-state index contributed by atoms with van der Waals surface area (Å²) in [5, 5.41) is 0. The first kappa shape index (κ1) is 15.8. The molecule has 4 nitrogen and oxygen atoms in total. The zero-order valence-corrected chi connectivity index (χ0v) is 12.3. The van der Waals surface area contributed by atoms with Gasteiger partial charge in [-0.25, -0.2) is 0 Å². The largest absolute Gasteiger partial charge is 0.497 e. The van der Waals surface area contributed by atoms with Crippen molar-refractivity contribution < 1.29 is 9.47 Å². The number of ether oxygens (including phenoxy) is 2. The molecule has 0 amide bonds. The van der Waals surface area contributed by atoms with Gasteiger partial charge in [0, 0.05) is 6.54 Å². The Labute approximate surface area is 116 Å². The second kappa shape index (κ2) is 8.77. The van der Waals surface area contributed by atoms with Crippen LogP contribution in [0.25, 0.3) is 0 Å². The summed E-state index contributed by atoms with van der Waals surface area (Å²) in [4.78, 5) is 2.34. The molecule has 0 unspecified atom stereocenters. The topological polar surface area (TPSA) is 47.7 Å². The Balaban J connectivity index is 2.61. The van der Waals surface area contributed by atoms with Crippen LogP contribution in [0.3, 0.4) is 0 Å². The van der Waals surface area contributed by atoms with Gasteiger partial charge in [-0.2, -0.15) is 0 Å². The number of nitrogens with two attached hydrogens (primary N) is 1. The molecule has 0 saturated heterocycles. The molecule has 0 heterocycles. The highest BCUT2D eigenvalue weighted by molar-refractivity contribution is 5.40. The number of nitrogens with zero attached hydrogens (tertiary/aromatic N) is 1. The van der Waals surface area contributed by atoms with Crippen LogP contribution in [-0.2, 0) is 6.42 Å². The van der Waals surface area contributed by atoms with Crippen molar-refractivity contribution in [3.8, 4) is 11.5 Å². The first-order valence-electron chi connectivity index (χ1n) is 6.97. The Morgan fingerprint density at radius 3 is 2.53 bits per heavy atom. The van der Waals surface area contributed by atoms with Crippen LogP contribution in [0.2, 0.25) is 0 Å². The van der Waals surface area contributed by atoms with E-state index in [0.717, 1.165) is 43.1 Å². The Kier molecular flexibility index (Phi) is 7.30. The van der Waals surface area contributed by atoms with Gasteiger partial charge in [0.15, 0.2) is 0 Å². The second-order valence-electron chi connectivity index (χ2n) is 4.39. The van der Waals surface area contributed by atoms with E-state index in [-0.39, 0.29) is 0 Å². The summed E-state index contributed by atoms with van der Waals surface area (Å²) in [5.74, 6) is 1.76. The average molecular weight is 266 g/mol. The quantitative estimate of drug-likeness (QED) is 0.742. The lowest BCUT2D eigenvalue weighted by atomic mass is 10.1. The van der Waals surface area contributed by atoms with Crippen molar-refractivity contribution >= 4 is 0 Å². The van der Waals surface area contributed by atoms with Gasteiger partial charge in [-0.15, -0.1) is 0 Å². The van der Waals surface area contributed by atoms with Gasteiger partial charge >= 0.3 is 0 Å². The Morgan fingerprint density at radius 2 is 1.95 bits per heavy atom. The highest BCUT2D eigenvalue weighted by Crippen LogP contribution is 2.24. The van der Waals surface area contributed by atoms with E-state index in [2.05, 4.69) is 18.7 Å². The van der Waals surface area contributed by atoms with E-state index < -0.39 is 0 Å². The maximum absolute atomic E-state index is 5.87. The molecule has 0 fully saturated rings. The first-order chi connectivity index (χ1) is 9.24. The number of hydrogen-bond acceptors (Lipinski definition) is 4. The van der Waals surface area contributed by atoms with E-state index in [0.29, 0.717) is 13.2 Å². The molecule has 0 saturated carbocycles. The minimum atomic E-state index is 0.611. The molecule has 1 aromatic carbocycles. The predicted octanol–water partition coefficient (Wildman–Crippen LogP) is 1.92. The molecular formula is C15H26N2O2. The number of rotatable bonds is 9. The molecule has 0 atom stereocenters. The third-order valence-corrected chi connectivity index (χ3v) is 3.24. The second-order valence-corrected chi connectivity index (χ2v) is 4.39. The SMILES string of the molecule is CCN(CC)CCOc1ccc(OC)cc1CCN. The summed E-state index contributed by atoms with van der Waals surface area (Å²) in [5.41, 5.74) is 6.75. The zero-order valence-electron chi connectivity index (χ0n) is 12.3.